The van der Waals surface area contributed by atoms with Gasteiger partial charge in [0.05, 0.1) is 13.1 Å². The number of methoxy groups -OCH3 is 1. The first kappa shape index (κ1) is 18.5. The second kappa shape index (κ2) is 8.45. The molecule has 0 bridgehead atoms. The van der Waals surface area contributed by atoms with Gasteiger partial charge in [-0.15, -0.1) is 10.2 Å². The van der Waals surface area contributed by atoms with Gasteiger partial charge < -0.3 is 13.8 Å². The number of piperidine rings is 1. The van der Waals surface area contributed by atoms with Gasteiger partial charge in [0, 0.05) is 26.6 Å². The Labute approximate surface area is 159 Å². The summed E-state index contributed by atoms with van der Waals surface area (Å²) in [6.07, 6.45) is 4.87. The normalized spacial score (nSPS) is 21.9. The molecule has 0 N–H and O–H groups in total. The Hall–Kier alpha value is -1.84. The highest BCUT2D eigenvalue weighted by molar-refractivity contribution is 5.04. The highest BCUT2D eigenvalue weighted by Gasteiger charge is 2.27. The van der Waals surface area contributed by atoms with Crippen LogP contribution in [0, 0.1) is 0 Å². The van der Waals surface area contributed by atoms with Crippen LogP contribution in [-0.4, -0.2) is 68.0 Å². The minimum absolute atomic E-state index is 0.380. The molecule has 0 aliphatic carbocycles. The van der Waals surface area contributed by atoms with Crippen LogP contribution in [0.1, 0.15) is 55.0 Å². The highest BCUT2D eigenvalue weighted by atomic mass is 16.5. The molecule has 0 amide bonds. The van der Waals surface area contributed by atoms with Crippen molar-refractivity contribution in [1.82, 2.24) is 34.7 Å². The maximum Gasteiger partial charge on any atom is 0.240 e. The van der Waals surface area contributed by atoms with Gasteiger partial charge in [0.25, 0.3) is 0 Å². The molecular formula is C18H29N7O2. The summed E-state index contributed by atoms with van der Waals surface area (Å²) in [6, 6.07) is 0. The van der Waals surface area contributed by atoms with Gasteiger partial charge in [-0.2, -0.15) is 4.98 Å². The molecule has 9 nitrogen and oxygen atoms in total. The first-order chi connectivity index (χ1) is 13.2. The molecule has 9 heteroatoms. The maximum absolute atomic E-state index is 5.34. The van der Waals surface area contributed by atoms with Crippen LogP contribution in [0.15, 0.2) is 4.52 Å². The van der Waals surface area contributed by atoms with Crippen LogP contribution < -0.4 is 0 Å². The molecule has 148 valence electrons. The average molecular weight is 375 g/mol. The average Bonchev–Trinajstić information content (AvgIpc) is 3.40. The van der Waals surface area contributed by atoms with Crippen molar-refractivity contribution < 1.29 is 9.26 Å². The molecule has 2 aromatic heterocycles. The van der Waals surface area contributed by atoms with Crippen LogP contribution in [0.25, 0.3) is 0 Å². The summed E-state index contributed by atoms with van der Waals surface area (Å²) in [5.74, 6) is 3.81. The van der Waals surface area contributed by atoms with E-state index in [0.717, 1.165) is 44.1 Å². The fraction of sp³-hybridized carbons (Fsp3) is 0.778. The Bertz CT molecular complexity index is 738. The fourth-order valence-electron chi connectivity index (χ4n) is 4.15. The van der Waals surface area contributed by atoms with E-state index in [9.17, 15) is 0 Å². The number of hydrogen-bond acceptors (Lipinski definition) is 8. The molecule has 0 spiro atoms. The van der Waals surface area contributed by atoms with Crippen LogP contribution in [-0.2, 0) is 31.5 Å². The molecule has 27 heavy (non-hydrogen) atoms. The monoisotopic (exact) mass is 375 g/mol. The van der Waals surface area contributed by atoms with Crippen LogP contribution in [0.3, 0.4) is 0 Å². The summed E-state index contributed by atoms with van der Waals surface area (Å²) in [5.41, 5.74) is 0. The lowest BCUT2D eigenvalue weighted by molar-refractivity contribution is 0.169. The number of rotatable bonds is 7. The maximum atomic E-state index is 5.34. The summed E-state index contributed by atoms with van der Waals surface area (Å²) < 4.78 is 12.6. The van der Waals surface area contributed by atoms with Crippen LogP contribution in [0.4, 0.5) is 0 Å². The zero-order valence-electron chi connectivity index (χ0n) is 16.3. The number of hydrogen-bond donors (Lipinski definition) is 0. The third-order valence-corrected chi connectivity index (χ3v) is 5.58. The SMILES string of the molecule is COCc1noc(CN2CCC[C@H](c3nnc(CN4CCCC4)n3C)C2)n1. The second-order valence-corrected chi connectivity index (χ2v) is 7.63. The van der Waals surface area contributed by atoms with Crippen molar-refractivity contribution in [3.8, 4) is 0 Å². The fourth-order valence-corrected chi connectivity index (χ4v) is 4.15. The minimum Gasteiger partial charge on any atom is -0.377 e. The summed E-state index contributed by atoms with van der Waals surface area (Å²) >= 11 is 0. The van der Waals surface area contributed by atoms with Crippen molar-refractivity contribution in [2.75, 3.05) is 33.3 Å². The van der Waals surface area contributed by atoms with E-state index in [1.54, 1.807) is 7.11 Å². The number of ether oxygens (including phenoxy) is 1. The van der Waals surface area contributed by atoms with Crippen molar-refractivity contribution in [2.24, 2.45) is 7.05 Å². The lowest BCUT2D eigenvalue weighted by Crippen LogP contribution is -2.35. The van der Waals surface area contributed by atoms with E-state index in [1.807, 2.05) is 0 Å². The predicted octanol–water partition coefficient (Wildman–Crippen LogP) is 1.32. The topological polar surface area (TPSA) is 85.3 Å². The Balaban J connectivity index is 1.38. The first-order valence-corrected chi connectivity index (χ1v) is 9.86. The molecule has 0 unspecified atom stereocenters. The van der Waals surface area contributed by atoms with Crippen molar-refractivity contribution in [2.45, 2.75) is 51.3 Å². The van der Waals surface area contributed by atoms with Gasteiger partial charge in [-0.3, -0.25) is 9.80 Å². The molecule has 1 atom stereocenters. The van der Waals surface area contributed by atoms with E-state index in [2.05, 4.69) is 41.8 Å². The molecule has 2 aliphatic heterocycles. The molecule has 2 aliphatic rings. The third kappa shape index (κ3) is 4.36. The Morgan fingerprint density at radius 1 is 1.07 bits per heavy atom. The van der Waals surface area contributed by atoms with Crippen LogP contribution in [0.2, 0.25) is 0 Å². The summed E-state index contributed by atoms with van der Waals surface area (Å²) in [4.78, 5) is 9.22. The van der Waals surface area contributed by atoms with Gasteiger partial charge >= 0.3 is 0 Å². The van der Waals surface area contributed by atoms with Gasteiger partial charge in [0.2, 0.25) is 5.89 Å². The molecule has 0 aromatic carbocycles. The van der Waals surface area contributed by atoms with E-state index < -0.39 is 0 Å². The predicted molar refractivity (Wildman–Crippen MR) is 97.8 cm³/mol. The zero-order chi connectivity index (χ0) is 18.6. The molecule has 0 radical (unpaired) electrons. The molecule has 2 saturated heterocycles. The van der Waals surface area contributed by atoms with Crippen molar-refractivity contribution in [1.29, 1.82) is 0 Å². The number of likely N-dealkylation sites (tertiary alicyclic amines) is 2. The molecule has 2 fully saturated rings. The Morgan fingerprint density at radius 3 is 2.70 bits per heavy atom. The number of aromatic nitrogens is 5. The summed E-state index contributed by atoms with van der Waals surface area (Å²) in [7, 11) is 3.73. The number of nitrogens with zero attached hydrogens (tertiary/aromatic N) is 7. The van der Waals surface area contributed by atoms with E-state index in [0.29, 0.717) is 30.8 Å². The van der Waals surface area contributed by atoms with Crippen molar-refractivity contribution in [3.63, 3.8) is 0 Å². The standard InChI is InChI=1S/C18H29N7O2/c1-23-16(11-24-7-3-4-8-24)20-21-18(23)14-6-5-9-25(10-14)12-17-19-15(13-26-2)22-27-17/h14H,3-13H2,1-2H3/t14-/m0/s1. The third-order valence-electron chi connectivity index (χ3n) is 5.58. The van der Waals surface area contributed by atoms with E-state index in [1.165, 1.54) is 25.9 Å². The Kier molecular flexibility index (Phi) is 5.80. The summed E-state index contributed by atoms with van der Waals surface area (Å²) in [6.45, 7) is 6.29. The van der Waals surface area contributed by atoms with E-state index in [-0.39, 0.29) is 0 Å². The first-order valence-electron chi connectivity index (χ1n) is 9.86. The van der Waals surface area contributed by atoms with E-state index >= 15 is 0 Å². The molecule has 0 saturated carbocycles. The minimum atomic E-state index is 0.380. The molecule has 4 rings (SSSR count). The molecular weight excluding hydrogens is 346 g/mol. The molecule has 2 aromatic rings. The largest absolute Gasteiger partial charge is 0.377 e. The zero-order valence-corrected chi connectivity index (χ0v) is 16.3. The lowest BCUT2D eigenvalue weighted by Gasteiger charge is -2.31. The van der Waals surface area contributed by atoms with Crippen molar-refractivity contribution >= 4 is 0 Å². The second-order valence-electron chi connectivity index (χ2n) is 7.63. The van der Waals surface area contributed by atoms with Gasteiger partial charge in [-0.1, -0.05) is 5.16 Å². The quantitative estimate of drug-likeness (QED) is 0.716. The Morgan fingerprint density at radius 2 is 1.89 bits per heavy atom. The van der Waals surface area contributed by atoms with Gasteiger partial charge in [0.1, 0.15) is 18.3 Å². The highest BCUT2D eigenvalue weighted by Crippen LogP contribution is 2.27. The lowest BCUT2D eigenvalue weighted by atomic mass is 9.97. The molecule has 4 heterocycles. The van der Waals surface area contributed by atoms with Gasteiger partial charge in [-0.05, 0) is 45.3 Å². The van der Waals surface area contributed by atoms with Crippen LogP contribution in [0.5, 0.6) is 0 Å². The summed E-state index contributed by atoms with van der Waals surface area (Å²) in [5, 5.41) is 13.0. The van der Waals surface area contributed by atoms with Crippen molar-refractivity contribution in [3.05, 3.63) is 23.4 Å². The van der Waals surface area contributed by atoms with Crippen LogP contribution >= 0.6 is 0 Å². The van der Waals surface area contributed by atoms with Gasteiger partial charge in [-0.25, -0.2) is 0 Å². The van der Waals surface area contributed by atoms with E-state index in [4.69, 9.17) is 9.26 Å². The van der Waals surface area contributed by atoms with Gasteiger partial charge in [0.15, 0.2) is 5.82 Å². The smallest absolute Gasteiger partial charge is 0.240 e.